The van der Waals surface area contributed by atoms with Crippen molar-refractivity contribution in [3.63, 3.8) is 0 Å². The fourth-order valence-corrected chi connectivity index (χ4v) is 2.73. The van der Waals surface area contributed by atoms with E-state index in [2.05, 4.69) is 20.9 Å². The molecule has 0 bridgehead atoms. The Morgan fingerprint density at radius 3 is 2.79 bits per heavy atom. The molecule has 0 radical (unpaired) electrons. The van der Waals surface area contributed by atoms with Gasteiger partial charge in [-0.2, -0.15) is 0 Å². The highest BCUT2D eigenvalue weighted by Gasteiger charge is 2.12. The first kappa shape index (κ1) is 13.7. The van der Waals surface area contributed by atoms with Crippen molar-refractivity contribution in [1.29, 1.82) is 0 Å². The number of nitro benzene ring substituents is 1. The average molecular weight is 339 g/mol. The SMILES string of the molecule is O=Cc1cc([N+](=O)[O-])ccc1Sc1ncccc1Br. The molecule has 0 aliphatic heterocycles. The number of pyridine rings is 1. The standard InChI is InChI=1S/C12H7BrN2O3S/c13-10-2-1-5-14-12(10)19-11-4-3-9(15(17)18)6-8(11)7-16/h1-7H. The number of aldehydes is 1. The van der Waals surface area contributed by atoms with Crippen LogP contribution in [0.4, 0.5) is 5.69 Å². The van der Waals surface area contributed by atoms with Crippen LogP contribution in [-0.2, 0) is 0 Å². The zero-order valence-corrected chi connectivity index (χ0v) is 11.8. The molecule has 0 unspecified atom stereocenters. The lowest BCUT2D eigenvalue weighted by Gasteiger charge is -2.05. The number of aromatic nitrogens is 1. The molecular weight excluding hydrogens is 332 g/mol. The summed E-state index contributed by atoms with van der Waals surface area (Å²) in [6, 6.07) is 7.79. The molecule has 1 heterocycles. The minimum absolute atomic E-state index is 0.105. The van der Waals surface area contributed by atoms with Crippen LogP contribution < -0.4 is 0 Å². The van der Waals surface area contributed by atoms with E-state index in [0.717, 1.165) is 4.47 Å². The number of non-ortho nitro benzene ring substituents is 1. The van der Waals surface area contributed by atoms with Crippen molar-refractivity contribution in [2.24, 2.45) is 0 Å². The minimum Gasteiger partial charge on any atom is -0.298 e. The van der Waals surface area contributed by atoms with E-state index < -0.39 is 4.92 Å². The second kappa shape index (κ2) is 5.94. The predicted molar refractivity (Wildman–Crippen MR) is 74.5 cm³/mol. The van der Waals surface area contributed by atoms with E-state index in [1.165, 1.54) is 23.9 Å². The Balaban J connectivity index is 2.38. The number of nitrogens with zero attached hydrogens (tertiary/aromatic N) is 2. The maximum absolute atomic E-state index is 11.0. The van der Waals surface area contributed by atoms with Gasteiger partial charge in [0, 0.05) is 28.8 Å². The van der Waals surface area contributed by atoms with Crippen LogP contribution in [0.3, 0.4) is 0 Å². The molecule has 7 heteroatoms. The van der Waals surface area contributed by atoms with E-state index >= 15 is 0 Å². The van der Waals surface area contributed by atoms with Gasteiger partial charge in [0.2, 0.25) is 0 Å². The molecule has 0 atom stereocenters. The van der Waals surface area contributed by atoms with E-state index in [4.69, 9.17) is 0 Å². The van der Waals surface area contributed by atoms with E-state index in [1.54, 1.807) is 18.3 Å². The highest BCUT2D eigenvalue weighted by molar-refractivity contribution is 9.10. The van der Waals surface area contributed by atoms with Gasteiger partial charge >= 0.3 is 0 Å². The number of carbonyl (C=O) groups excluding carboxylic acids is 1. The largest absolute Gasteiger partial charge is 0.298 e. The van der Waals surface area contributed by atoms with Crippen LogP contribution in [0, 0.1) is 10.1 Å². The van der Waals surface area contributed by atoms with Gasteiger partial charge in [0.1, 0.15) is 5.03 Å². The molecule has 1 aromatic heterocycles. The second-order valence-electron chi connectivity index (χ2n) is 3.49. The molecule has 0 aliphatic rings. The Kier molecular flexibility index (Phi) is 4.28. The summed E-state index contributed by atoms with van der Waals surface area (Å²) in [5.74, 6) is 0. The van der Waals surface area contributed by atoms with E-state index in [9.17, 15) is 14.9 Å². The van der Waals surface area contributed by atoms with Gasteiger partial charge in [0.15, 0.2) is 6.29 Å². The van der Waals surface area contributed by atoms with Crippen LogP contribution in [0.1, 0.15) is 10.4 Å². The summed E-state index contributed by atoms with van der Waals surface area (Å²) < 4.78 is 0.801. The number of carbonyl (C=O) groups is 1. The third kappa shape index (κ3) is 3.18. The molecule has 2 rings (SSSR count). The van der Waals surface area contributed by atoms with Crippen LogP contribution in [0.2, 0.25) is 0 Å². The van der Waals surface area contributed by atoms with Crippen molar-refractivity contribution in [3.05, 3.63) is 56.7 Å². The number of nitro groups is 1. The third-order valence-electron chi connectivity index (χ3n) is 2.26. The molecule has 5 nitrogen and oxygen atoms in total. The smallest absolute Gasteiger partial charge is 0.270 e. The van der Waals surface area contributed by atoms with Crippen molar-refractivity contribution in [1.82, 2.24) is 4.98 Å². The highest BCUT2D eigenvalue weighted by Crippen LogP contribution is 2.34. The number of halogens is 1. The van der Waals surface area contributed by atoms with Crippen LogP contribution in [0.15, 0.2) is 50.9 Å². The predicted octanol–water partition coefficient (Wildman–Crippen LogP) is 3.72. The average Bonchev–Trinajstić information content (AvgIpc) is 2.41. The molecule has 0 N–H and O–H groups in total. The second-order valence-corrected chi connectivity index (χ2v) is 5.37. The molecule has 2 aromatic rings. The first-order valence-electron chi connectivity index (χ1n) is 5.14. The molecule has 0 spiro atoms. The number of hydrogen-bond donors (Lipinski definition) is 0. The summed E-state index contributed by atoms with van der Waals surface area (Å²) in [6.07, 6.45) is 2.24. The van der Waals surface area contributed by atoms with Gasteiger partial charge in [-0.25, -0.2) is 4.98 Å². The molecular formula is C12H7BrN2O3S. The molecule has 0 saturated heterocycles. The minimum atomic E-state index is -0.530. The lowest BCUT2D eigenvalue weighted by atomic mass is 10.2. The fraction of sp³-hybridized carbons (Fsp3) is 0. The van der Waals surface area contributed by atoms with Gasteiger partial charge in [-0.05, 0) is 34.1 Å². The van der Waals surface area contributed by atoms with Gasteiger partial charge in [-0.15, -0.1) is 0 Å². The Labute approximate surface area is 121 Å². The van der Waals surface area contributed by atoms with Crippen LogP contribution >= 0.6 is 27.7 Å². The zero-order valence-electron chi connectivity index (χ0n) is 9.45. The summed E-state index contributed by atoms with van der Waals surface area (Å²) in [5, 5.41) is 11.3. The Morgan fingerprint density at radius 1 is 1.37 bits per heavy atom. The van der Waals surface area contributed by atoms with Crippen LogP contribution in [-0.4, -0.2) is 16.2 Å². The zero-order chi connectivity index (χ0) is 13.8. The molecule has 1 aromatic carbocycles. The highest BCUT2D eigenvalue weighted by atomic mass is 79.9. The molecule has 0 saturated carbocycles. The van der Waals surface area contributed by atoms with Crippen LogP contribution in [0.25, 0.3) is 0 Å². The van der Waals surface area contributed by atoms with Crippen molar-refractivity contribution >= 4 is 39.7 Å². The fourth-order valence-electron chi connectivity index (χ4n) is 1.38. The molecule has 0 amide bonds. The van der Waals surface area contributed by atoms with Crippen molar-refractivity contribution in [2.45, 2.75) is 9.92 Å². The van der Waals surface area contributed by atoms with Gasteiger partial charge in [-0.1, -0.05) is 11.8 Å². The molecule has 0 aliphatic carbocycles. The quantitative estimate of drug-likeness (QED) is 0.482. The normalized spacial score (nSPS) is 10.2. The van der Waals surface area contributed by atoms with Crippen LogP contribution in [0.5, 0.6) is 0 Å². The number of hydrogen-bond acceptors (Lipinski definition) is 5. The van der Waals surface area contributed by atoms with Gasteiger partial charge in [-0.3, -0.25) is 14.9 Å². The maximum Gasteiger partial charge on any atom is 0.270 e. The summed E-state index contributed by atoms with van der Waals surface area (Å²) in [4.78, 5) is 25.9. The summed E-state index contributed by atoms with van der Waals surface area (Å²) in [7, 11) is 0. The van der Waals surface area contributed by atoms with Gasteiger partial charge in [0.05, 0.1) is 9.40 Å². The van der Waals surface area contributed by atoms with Crippen molar-refractivity contribution in [3.8, 4) is 0 Å². The first-order valence-corrected chi connectivity index (χ1v) is 6.75. The van der Waals surface area contributed by atoms with E-state index in [1.807, 2.05) is 6.07 Å². The van der Waals surface area contributed by atoms with Crippen molar-refractivity contribution in [2.75, 3.05) is 0 Å². The molecule has 96 valence electrons. The Morgan fingerprint density at radius 2 is 2.16 bits per heavy atom. The maximum atomic E-state index is 11.0. The van der Waals surface area contributed by atoms with Gasteiger partial charge < -0.3 is 0 Å². The lowest BCUT2D eigenvalue weighted by molar-refractivity contribution is -0.384. The molecule has 0 fully saturated rings. The summed E-state index contributed by atoms with van der Waals surface area (Å²) in [6.45, 7) is 0. The topological polar surface area (TPSA) is 73.1 Å². The Bertz CT molecular complexity index is 649. The lowest BCUT2D eigenvalue weighted by Crippen LogP contribution is -1.92. The first-order chi connectivity index (χ1) is 9.11. The van der Waals surface area contributed by atoms with Gasteiger partial charge in [0.25, 0.3) is 5.69 Å². The number of rotatable bonds is 4. The van der Waals surface area contributed by atoms with E-state index in [0.29, 0.717) is 16.2 Å². The summed E-state index contributed by atoms with van der Waals surface area (Å²) in [5.41, 5.74) is 0.170. The monoisotopic (exact) mass is 338 g/mol. The van der Waals surface area contributed by atoms with E-state index in [-0.39, 0.29) is 11.3 Å². The summed E-state index contributed by atoms with van der Waals surface area (Å²) >= 11 is 4.63. The number of benzene rings is 1. The molecule has 19 heavy (non-hydrogen) atoms. The van der Waals surface area contributed by atoms with Crippen molar-refractivity contribution < 1.29 is 9.72 Å². The Hall–Kier alpha value is -1.73. The third-order valence-corrected chi connectivity index (χ3v) is 4.28.